The summed E-state index contributed by atoms with van der Waals surface area (Å²) in [5, 5.41) is 5.77. The molecule has 0 unspecified atom stereocenters. The summed E-state index contributed by atoms with van der Waals surface area (Å²) in [7, 11) is 3.18. The summed E-state index contributed by atoms with van der Waals surface area (Å²) in [4.78, 5) is 18.3. The Morgan fingerprint density at radius 2 is 1.82 bits per heavy atom. The number of ether oxygens (including phenoxy) is 3. The van der Waals surface area contributed by atoms with Gasteiger partial charge < -0.3 is 18.6 Å². The molecule has 0 saturated carbocycles. The zero-order valence-electron chi connectivity index (χ0n) is 21.4. The lowest BCUT2D eigenvalue weighted by Crippen LogP contribution is -2.20. The summed E-state index contributed by atoms with van der Waals surface area (Å²) in [5.41, 5.74) is 1.52. The Hall–Kier alpha value is -4.11. The van der Waals surface area contributed by atoms with Gasteiger partial charge in [0.2, 0.25) is 5.82 Å². The van der Waals surface area contributed by atoms with Crippen LogP contribution in [0.3, 0.4) is 0 Å². The number of hydrogen-bond donors (Lipinski definition) is 0. The molecule has 0 amide bonds. The molecule has 0 aliphatic heterocycles. The van der Waals surface area contributed by atoms with Gasteiger partial charge in [-0.1, -0.05) is 25.1 Å². The minimum atomic E-state index is -0.325. The number of halogens is 1. The zero-order chi connectivity index (χ0) is 26.8. The van der Waals surface area contributed by atoms with E-state index < -0.39 is 0 Å². The first kappa shape index (κ1) is 25.5. The van der Waals surface area contributed by atoms with Gasteiger partial charge in [0, 0.05) is 10.0 Å². The normalized spacial score (nSPS) is 12.3. The molecule has 5 aromatic rings. The first-order valence-corrected chi connectivity index (χ1v) is 12.9. The Balaban J connectivity index is 1.66. The van der Waals surface area contributed by atoms with Crippen LogP contribution in [0.25, 0.3) is 33.5 Å². The van der Waals surface area contributed by atoms with Gasteiger partial charge in [-0.25, -0.2) is 4.98 Å². The van der Waals surface area contributed by atoms with Crippen LogP contribution in [0.1, 0.15) is 25.8 Å². The van der Waals surface area contributed by atoms with E-state index in [1.165, 1.54) is 4.68 Å². The maximum atomic E-state index is 13.6. The van der Waals surface area contributed by atoms with Gasteiger partial charge in [-0.05, 0) is 71.7 Å². The first-order valence-electron chi connectivity index (χ1n) is 12.1. The standard InChI is InChI=1S/C29H26BrN3O5/c1-5-17(2)37-26-15-21(30)18(13-25(26)36-4)16-31-33-28(32-22-10-7-6-9-19(22)29(33)34)27-14-20-23(35-3)11-8-12-24(20)38-27/h6-17H,5H2,1-4H3/t17-/m0/s1. The second-order valence-electron chi connectivity index (χ2n) is 8.66. The molecule has 0 bridgehead atoms. The molecule has 0 saturated heterocycles. The molecule has 194 valence electrons. The van der Waals surface area contributed by atoms with Crippen LogP contribution < -0.4 is 19.8 Å². The fourth-order valence-electron chi connectivity index (χ4n) is 4.03. The quantitative estimate of drug-likeness (QED) is 0.192. The van der Waals surface area contributed by atoms with E-state index in [9.17, 15) is 4.79 Å². The molecule has 0 aliphatic carbocycles. The van der Waals surface area contributed by atoms with E-state index in [1.54, 1.807) is 50.8 Å². The predicted octanol–water partition coefficient (Wildman–Crippen LogP) is 6.65. The fourth-order valence-corrected chi connectivity index (χ4v) is 4.46. The molecule has 1 atom stereocenters. The number of para-hydroxylation sites is 1. The van der Waals surface area contributed by atoms with E-state index in [4.69, 9.17) is 23.6 Å². The average Bonchev–Trinajstić information content (AvgIpc) is 3.37. The van der Waals surface area contributed by atoms with Crippen LogP contribution in [0, 0.1) is 0 Å². The monoisotopic (exact) mass is 575 g/mol. The first-order chi connectivity index (χ1) is 18.4. The molecule has 0 fully saturated rings. The summed E-state index contributed by atoms with van der Waals surface area (Å²) in [6, 6.07) is 18.1. The number of methoxy groups -OCH3 is 2. The molecule has 5 rings (SSSR count). The van der Waals surface area contributed by atoms with Crippen LogP contribution in [-0.4, -0.2) is 36.2 Å². The van der Waals surface area contributed by atoms with Gasteiger partial charge in [-0.15, -0.1) is 0 Å². The van der Waals surface area contributed by atoms with E-state index in [1.807, 2.05) is 37.3 Å². The topological polar surface area (TPSA) is 88.1 Å². The van der Waals surface area contributed by atoms with E-state index in [0.29, 0.717) is 45.1 Å². The Labute approximate surface area is 227 Å². The number of furan rings is 1. The van der Waals surface area contributed by atoms with Crippen LogP contribution in [-0.2, 0) is 0 Å². The van der Waals surface area contributed by atoms with Crippen LogP contribution in [0.5, 0.6) is 17.2 Å². The lowest BCUT2D eigenvalue weighted by atomic mass is 10.2. The summed E-state index contributed by atoms with van der Waals surface area (Å²) in [6.45, 7) is 4.05. The number of fused-ring (bicyclic) bond motifs is 2. The Morgan fingerprint density at radius 1 is 1.03 bits per heavy atom. The summed E-state index contributed by atoms with van der Waals surface area (Å²) in [6.07, 6.45) is 2.46. The number of hydrogen-bond acceptors (Lipinski definition) is 7. The van der Waals surface area contributed by atoms with E-state index in [-0.39, 0.29) is 17.5 Å². The number of rotatable bonds is 8. The van der Waals surface area contributed by atoms with Gasteiger partial charge in [-0.2, -0.15) is 9.78 Å². The molecule has 38 heavy (non-hydrogen) atoms. The van der Waals surface area contributed by atoms with Crippen molar-refractivity contribution < 1.29 is 18.6 Å². The van der Waals surface area contributed by atoms with Crippen molar-refractivity contribution in [2.75, 3.05) is 14.2 Å². The predicted molar refractivity (Wildman–Crippen MR) is 152 cm³/mol. The Morgan fingerprint density at radius 3 is 2.58 bits per heavy atom. The highest BCUT2D eigenvalue weighted by Crippen LogP contribution is 2.35. The molecule has 0 radical (unpaired) electrons. The minimum absolute atomic E-state index is 0.0301. The second kappa shape index (κ2) is 10.7. The Kier molecular flexibility index (Phi) is 7.20. The maximum absolute atomic E-state index is 13.6. The number of aromatic nitrogens is 2. The van der Waals surface area contributed by atoms with Crippen molar-refractivity contribution in [2.45, 2.75) is 26.4 Å². The SMILES string of the molecule is CC[C@H](C)Oc1cc(Br)c(C=Nn2c(-c3cc4c(OC)cccc4o3)nc3ccccc3c2=O)cc1OC. The van der Waals surface area contributed by atoms with Gasteiger partial charge in [0.25, 0.3) is 5.56 Å². The van der Waals surface area contributed by atoms with E-state index >= 15 is 0 Å². The van der Waals surface area contributed by atoms with E-state index in [2.05, 4.69) is 28.0 Å². The highest BCUT2D eigenvalue weighted by Gasteiger charge is 2.18. The molecular formula is C29H26BrN3O5. The third kappa shape index (κ3) is 4.77. The molecule has 8 nitrogen and oxygen atoms in total. The van der Waals surface area contributed by atoms with Crippen molar-refractivity contribution in [1.29, 1.82) is 0 Å². The van der Waals surface area contributed by atoms with Gasteiger partial charge in [-0.3, -0.25) is 4.79 Å². The maximum Gasteiger partial charge on any atom is 0.282 e. The van der Waals surface area contributed by atoms with Crippen LogP contribution in [0.15, 0.2) is 79.4 Å². The molecule has 0 N–H and O–H groups in total. The highest BCUT2D eigenvalue weighted by atomic mass is 79.9. The van der Waals surface area contributed by atoms with Gasteiger partial charge in [0.05, 0.1) is 42.8 Å². The zero-order valence-corrected chi connectivity index (χ0v) is 23.0. The smallest absolute Gasteiger partial charge is 0.282 e. The van der Waals surface area contributed by atoms with E-state index in [0.717, 1.165) is 16.3 Å². The van der Waals surface area contributed by atoms with Crippen molar-refractivity contribution >= 4 is 44.0 Å². The molecule has 9 heteroatoms. The van der Waals surface area contributed by atoms with Gasteiger partial charge in [0.15, 0.2) is 17.3 Å². The highest BCUT2D eigenvalue weighted by molar-refractivity contribution is 9.10. The Bertz CT molecular complexity index is 1720. The largest absolute Gasteiger partial charge is 0.496 e. The second-order valence-corrected chi connectivity index (χ2v) is 9.51. The van der Waals surface area contributed by atoms with Crippen LogP contribution >= 0.6 is 15.9 Å². The minimum Gasteiger partial charge on any atom is -0.496 e. The van der Waals surface area contributed by atoms with Gasteiger partial charge in [0.1, 0.15) is 11.3 Å². The molecule has 0 aliphatic rings. The summed E-state index contributed by atoms with van der Waals surface area (Å²) in [5.74, 6) is 2.49. The molecule has 3 aromatic carbocycles. The molecule has 2 aromatic heterocycles. The summed E-state index contributed by atoms with van der Waals surface area (Å²) >= 11 is 3.59. The molecule has 2 heterocycles. The van der Waals surface area contributed by atoms with Gasteiger partial charge >= 0.3 is 0 Å². The van der Waals surface area contributed by atoms with Crippen molar-refractivity contribution in [3.05, 3.63) is 81.1 Å². The average molecular weight is 576 g/mol. The lowest BCUT2D eigenvalue weighted by Gasteiger charge is -2.16. The van der Waals surface area contributed by atoms with Crippen LogP contribution in [0.2, 0.25) is 0 Å². The number of benzene rings is 3. The lowest BCUT2D eigenvalue weighted by molar-refractivity contribution is 0.207. The third-order valence-electron chi connectivity index (χ3n) is 6.21. The van der Waals surface area contributed by atoms with Crippen molar-refractivity contribution in [1.82, 2.24) is 9.66 Å². The fraction of sp³-hybridized carbons (Fsp3) is 0.207. The molecule has 0 spiro atoms. The van der Waals surface area contributed by atoms with Crippen molar-refractivity contribution in [3.8, 4) is 28.8 Å². The summed E-state index contributed by atoms with van der Waals surface area (Å²) < 4.78 is 25.1. The third-order valence-corrected chi connectivity index (χ3v) is 6.90. The number of nitrogens with zero attached hydrogens (tertiary/aromatic N) is 3. The van der Waals surface area contributed by atoms with Crippen LogP contribution in [0.4, 0.5) is 0 Å². The van der Waals surface area contributed by atoms with Crippen molar-refractivity contribution in [2.24, 2.45) is 5.10 Å². The van der Waals surface area contributed by atoms with Crippen molar-refractivity contribution in [3.63, 3.8) is 0 Å². The molecular weight excluding hydrogens is 550 g/mol.